The molecule has 1 fully saturated rings. The summed E-state index contributed by atoms with van der Waals surface area (Å²) < 4.78 is 0. The third kappa shape index (κ3) is 4.86. The van der Waals surface area contributed by atoms with Gasteiger partial charge in [0.25, 0.3) is 0 Å². The lowest BCUT2D eigenvalue weighted by Crippen LogP contribution is -2.48. The van der Waals surface area contributed by atoms with Crippen LogP contribution in [-0.4, -0.2) is 54.6 Å². The largest absolute Gasteiger partial charge is 0.393 e. The summed E-state index contributed by atoms with van der Waals surface area (Å²) in [7, 11) is 2.06. The van der Waals surface area contributed by atoms with Crippen molar-refractivity contribution in [3.05, 3.63) is 78.1 Å². The summed E-state index contributed by atoms with van der Waals surface area (Å²) in [4.78, 5) is 16.0. The van der Waals surface area contributed by atoms with Crippen LogP contribution in [0.2, 0.25) is 0 Å². The highest BCUT2D eigenvalue weighted by molar-refractivity contribution is 5.75. The van der Waals surface area contributed by atoms with Gasteiger partial charge in [-0.2, -0.15) is 0 Å². The first-order valence-corrected chi connectivity index (χ1v) is 11.6. The molecule has 1 aromatic heterocycles. The van der Waals surface area contributed by atoms with E-state index in [9.17, 15) is 0 Å². The number of rotatable bonds is 8. The number of unbranched alkanes of at least 4 members (excludes halogenated alkanes) is 1. The van der Waals surface area contributed by atoms with Crippen LogP contribution in [0.3, 0.4) is 0 Å². The summed E-state index contributed by atoms with van der Waals surface area (Å²) in [5.41, 5.74) is 9.88. The molecule has 2 aromatic carbocycles. The minimum atomic E-state index is 0.248. The fraction of sp³-hybridized carbons (Fsp3) is 0.385. The maximum atomic E-state index is 6.54. The molecule has 4 rings (SSSR count). The smallest absolute Gasteiger partial charge is 0.157 e. The van der Waals surface area contributed by atoms with Crippen LogP contribution in [-0.2, 0) is 0 Å². The SMILES string of the molecule is CCCCN(C)c1ncnc(N2CCN(C(c3ccccc3)c3ccccc3)CC2)c1N. The van der Waals surface area contributed by atoms with Crippen LogP contribution >= 0.6 is 0 Å². The minimum Gasteiger partial charge on any atom is -0.393 e. The maximum Gasteiger partial charge on any atom is 0.157 e. The molecule has 1 aliphatic heterocycles. The molecule has 3 aromatic rings. The Hall–Kier alpha value is -3.12. The number of nitrogen functional groups attached to an aromatic ring is 1. The lowest BCUT2D eigenvalue weighted by molar-refractivity contribution is 0.212. The Bertz CT molecular complexity index is 931. The van der Waals surface area contributed by atoms with E-state index in [2.05, 4.69) is 99.3 Å². The second-order valence-corrected chi connectivity index (χ2v) is 8.46. The Labute approximate surface area is 191 Å². The normalized spacial score (nSPS) is 14.7. The van der Waals surface area contributed by atoms with Gasteiger partial charge < -0.3 is 15.5 Å². The van der Waals surface area contributed by atoms with Crippen molar-refractivity contribution in [3.8, 4) is 0 Å². The Balaban J connectivity index is 1.51. The van der Waals surface area contributed by atoms with Crippen molar-refractivity contribution >= 4 is 17.3 Å². The van der Waals surface area contributed by atoms with Gasteiger partial charge in [0.1, 0.15) is 12.0 Å². The van der Waals surface area contributed by atoms with Crippen molar-refractivity contribution in [1.82, 2.24) is 14.9 Å². The van der Waals surface area contributed by atoms with E-state index in [0.717, 1.165) is 57.2 Å². The van der Waals surface area contributed by atoms with Crippen LogP contribution in [0.5, 0.6) is 0 Å². The van der Waals surface area contributed by atoms with Gasteiger partial charge in [-0.15, -0.1) is 0 Å². The Kier molecular flexibility index (Phi) is 7.22. The molecule has 2 heterocycles. The van der Waals surface area contributed by atoms with Crippen LogP contribution in [0.25, 0.3) is 0 Å². The number of aromatic nitrogens is 2. The predicted molar refractivity (Wildman–Crippen MR) is 133 cm³/mol. The first-order chi connectivity index (χ1) is 15.7. The topological polar surface area (TPSA) is 61.5 Å². The summed E-state index contributed by atoms with van der Waals surface area (Å²) in [5, 5.41) is 0. The van der Waals surface area contributed by atoms with E-state index in [0.29, 0.717) is 5.69 Å². The zero-order valence-corrected chi connectivity index (χ0v) is 19.2. The monoisotopic (exact) mass is 430 g/mol. The van der Waals surface area contributed by atoms with Gasteiger partial charge >= 0.3 is 0 Å². The first-order valence-electron chi connectivity index (χ1n) is 11.6. The Morgan fingerprint density at radius 2 is 1.50 bits per heavy atom. The molecule has 0 amide bonds. The molecule has 0 saturated carbocycles. The number of nitrogens with zero attached hydrogens (tertiary/aromatic N) is 5. The van der Waals surface area contributed by atoms with Gasteiger partial charge in [0.15, 0.2) is 11.6 Å². The van der Waals surface area contributed by atoms with Crippen LogP contribution < -0.4 is 15.5 Å². The van der Waals surface area contributed by atoms with Crippen molar-refractivity contribution < 1.29 is 0 Å². The molecule has 0 atom stereocenters. The molecule has 1 aliphatic rings. The van der Waals surface area contributed by atoms with Crippen LogP contribution in [0.4, 0.5) is 17.3 Å². The fourth-order valence-electron chi connectivity index (χ4n) is 4.51. The number of hydrogen-bond acceptors (Lipinski definition) is 6. The van der Waals surface area contributed by atoms with Crippen molar-refractivity contribution in [1.29, 1.82) is 0 Å². The molecule has 6 heteroatoms. The molecule has 1 saturated heterocycles. The van der Waals surface area contributed by atoms with Crippen LogP contribution in [0.15, 0.2) is 67.0 Å². The summed E-state index contributed by atoms with van der Waals surface area (Å²) in [5.74, 6) is 1.69. The summed E-state index contributed by atoms with van der Waals surface area (Å²) in [6.07, 6.45) is 3.91. The fourth-order valence-corrected chi connectivity index (χ4v) is 4.51. The van der Waals surface area contributed by atoms with Crippen molar-refractivity contribution in [2.45, 2.75) is 25.8 Å². The van der Waals surface area contributed by atoms with Gasteiger partial charge in [-0.1, -0.05) is 74.0 Å². The highest BCUT2D eigenvalue weighted by atomic mass is 15.3. The molecule has 32 heavy (non-hydrogen) atoms. The second-order valence-electron chi connectivity index (χ2n) is 8.46. The minimum absolute atomic E-state index is 0.248. The van der Waals surface area contributed by atoms with Crippen LogP contribution in [0, 0.1) is 0 Å². The summed E-state index contributed by atoms with van der Waals surface area (Å²) >= 11 is 0. The van der Waals surface area contributed by atoms with E-state index in [1.54, 1.807) is 6.33 Å². The Morgan fingerprint density at radius 1 is 0.906 bits per heavy atom. The standard InChI is InChI=1S/C26H34N6/c1-3-4-15-30(2)25-23(27)26(29-20-28-25)32-18-16-31(17-19-32)24(21-11-7-5-8-12-21)22-13-9-6-10-14-22/h5-14,20,24H,3-4,15-19,27H2,1-2H3. The first kappa shape index (κ1) is 22.1. The molecule has 0 radical (unpaired) electrons. The van der Waals surface area contributed by atoms with E-state index < -0.39 is 0 Å². The average molecular weight is 431 g/mol. The number of hydrogen-bond donors (Lipinski definition) is 1. The molecule has 2 N–H and O–H groups in total. The molecular weight excluding hydrogens is 396 g/mol. The predicted octanol–water partition coefficient (Wildman–Crippen LogP) is 4.21. The van der Waals surface area contributed by atoms with Crippen LogP contribution in [0.1, 0.15) is 36.9 Å². The number of nitrogens with two attached hydrogens (primary N) is 1. The molecule has 0 bridgehead atoms. The maximum absolute atomic E-state index is 6.54. The van der Waals surface area contributed by atoms with Crippen molar-refractivity contribution in [2.75, 3.05) is 55.3 Å². The average Bonchev–Trinajstić information content (AvgIpc) is 2.85. The van der Waals surface area contributed by atoms with E-state index in [-0.39, 0.29) is 6.04 Å². The molecule has 0 aliphatic carbocycles. The number of anilines is 3. The molecule has 0 unspecified atom stereocenters. The zero-order valence-electron chi connectivity index (χ0n) is 19.2. The summed E-state index contributed by atoms with van der Waals surface area (Å²) in [6, 6.07) is 21.8. The van der Waals surface area contributed by atoms with Gasteiger partial charge in [-0.05, 0) is 17.5 Å². The van der Waals surface area contributed by atoms with E-state index in [1.165, 1.54) is 11.1 Å². The molecular formula is C26H34N6. The molecule has 0 spiro atoms. The van der Waals surface area contributed by atoms with E-state index in [1.807, 2.05) is 0 Å². The lowest BCUT2D eigenvalue weighted by atomic mass is 9.96. The van der Waals surface area contributed by atoms with Crippen molar-refractivity contribution in [2.24, 2.45) is 0 Å². The van der Waals surface area contributed by atoms with E-state index >= 15 is 0 Å². The lowest BCUT2D eigenvalue weighted by Gasteiger charge is -2.40. The van der Waals surface area contributed by atoms with Gasteiger partial charge in [-0.3, -0.25) is 4.90 Å². The van der Waals surface area contributed by atoms with Gasteiger partial charge in [0.05, 0.1) is 6.04 Å². The Morgan fingerprint density at radius 3 is 2.06 bits per heavy atom. The third-order valence-electron chi connectivity index (χ3n) is 6.26. The summed E-state index contributed by atoms with van der Waals surface area (Å²) in [6.45, 7) is 6.80. The van der Waals surface area contributed by atoms with Crippen molar-refractivity contribution in [3.63, 3.8) is 0 Å². The highest BCUT2D eigenvalue weighted by Gasteiger charge is 2.28. The second kappa shape index (κ2) is 10.5. The van der Waals surface area contributed by atoms with Gasteiger partial charge in [-0.25, -0.2) is 9.97 Å². The van der Waals surface area contributed by atoms with E-state index in [4.69, 9.17) is 5.73 Å². The number of benzene rings is 2. The third-order valence-corrected chi connectivity index (χ3v) is 6.26. The quantitative estimate of drug-likeness (QED) is 0.578. The zero-order chi connectivity index (χ0) is 22.3. The number of piperazine rings is 1. The van der Waals surface area contributed by atoms with Gasteiger partial charge in [0, 0.05) is 39.8 Å². The highest BCUT2D eigenvalue weighted by Crippen LogP contribution is 2.32. The molecule has 6 nitrogen and oxygen atoms in total. The molecule has 168 valence electrons. The van der Waals surface area contributed by atoms with Gasteiger partial charge in [0.2, 0.25) is 0 Å².